The highest BCUT2D eigenvalue weighted by Gasteiger charge is 2.11. The zero-order chi connectivity index (χ0) is 11.5. The van der Waals surface area contributed by atoms with Crippen molar-refractivity contribution in [2.24, 2.45) is 0 Å². The highest BCUT2D eigenvalue weighted by atomic mass is 16.5. The molecule has 0 spiro atoms. The van der Waals surface area contributed by atoms with Crippen LogP contribution in [-0.2, 0) is 6.54 Å². The van der Waals surface area contributed by atoms with Crippen molar-refractivity contribution in [1.82, 2.24) is 10.3 Å². The number of aromatic nitrogens is 1. The monoisotopic (exact) mass is 226 g/mol. The Morgan fingerprint density at radius 1 is 1.06 bits per heavy atom. The minimum atomic E-state index is 0.679. The number of hydrogen-bond donors (Lipinski definition) is 1. The quantitative estimate of drug-likeness (QED) is 0.809. The minimum absolute atomic E-state index is 0.679. The SMILES string of the molecule is c1ccc(-c2ccc3c(n2)OCCNC3)cc1. The summed E-state index contributed by atoms with van der Waals surface area (Å²) in [6, 6.07) is 14.3. The first-order valence-electron chi connectivity index (χ1n) is 5.82. The maximum Gasteiger partial charge on any atom is 0.218 e. The molecular weight excluding hydrogens is 212 g/mol. The molecule has 2 heterocycles. The average molecular weight is 226 g/mol. The van der Waals surface area contributed by atoms with Crippen molar-refractivity contribution < 1.29 is 4.74 Å². The van der Waals surface area contributed by atoms with Crippen LogP contribution in [0.25, 0.3) is 11.3 Å². The molecule has 0 unspecified atom stereocenters. The van der Waals surface area contributed by atoms with Crippen LogP contribution >= 0.6 is 0 Å². The van der Waals surface area contributed by atoms with Crippen LogP contribution in [0.15, 0.2) is 42.5 Å². The third-order valence-electron chi connectivity index (χ3n) is 2.84. The van der Waals surface area contributed by atoms with E-state index in [2.05, 4.69) is 28.5 Å². The number of ether oxygens (including phenoxy) is 1. The molecule has 1 N–H and O–H groups in total. The summed E-state index contributed by atoms with van der Waals surface area (Å²) < 4.78 is 5.64. The smallest absolute Gasteiger partial charge is 0.218 e. The molecule has 0 saturated heterocycles. The third kappa shape index (κ3) is 2.15. The van der Waals surface area contributed by atoms with Gasteiger partial charge in [0.1, 0.15) is 6.61 Å². The lowest BCUT2D eigenvalue weighted by molar-refractivity contribution is 0.314. The molecule has 2 aromatic rings. The van der Waals surface area contributed by atoms with E-state index in [4.69, 9.17) is 4.74 Å². The van der Waals surface area contributed by atoms with E-state index in [1.165, 1.54) is 0 Å². The first-order chi connectivity index (χ1) is 8.43. The molecule has 0 saturated carbocycles. The van der Waals surface area contributed by atoms with E-state index in [0.29, 0.717) is 6.61 Å². The summed E-state index contributed by atoms with van der Waals surface area (Å²) >= 11 is 0. The number of rotatable bonds is 1. The molecule has 1 aliphatic rings. The van der Waals surface area contributed by atoms with Crippen molar-refractivity contribution in [3.8, 4) is 17.1 Å². The van der Waals surface area contributed by atoms with Gasteiger partial charge >= 0.3 is 0 Å². The largest absolute Gasteiger partial charge is 0.476 e. The Morgan fingerprint density at radius 3 is 2.82 bits per heavy atom. The third-order valence-corrected chi connectivity index (χ3v) is 2.84. The number of nitrogens with zero attached hydrogens (tertiary/aromatic N) is 1. The van der Waals surface area contributed by atoms with Gasteiger partial charge in [0, 0.05) is 24.2 Å². The van der Waals surface area contributed by atoms with E-state index < -0.39 is 0 Å². The maximum absolute atomic E-state index is 5.64. The molecule has 1 aromatic carbocycles. The number of hydrogen-bond acceptors (Lipinski definition) is 3. The molecule has 86 valence electrons. The van der Waals surface area contributed by atoms with Gasteiger partial charge in [-0.2, -0.15) is 0 Å². The van der Waals surface area contributed by atoms with E-state index in [1.807, 2.05) is 24.3 Å². The van der Waals surface area contributed by atoms with Gasteiger partial charge in [-0.1, -0.05) is 36.4 Å². The van der Waals surface area contributed by atoms with Crippen LogP contribution < -0.4 is 10.1 Å². The van der Waals surface area contributed by atoms with Gasteiger partial charge in [0.05, 0.1) is 5.69 Å². The summed E-state index contributed by atoms with van der Waals surface area (Å²) in [5.41, 5.74) is 3.21. The van der Waals surface area contributed by atoms with E-state index >= 15 is 0 Å². The van der Waals surface area contributed by atoms with Gasteiger partial charge < -0.3 is 10.1 Å². The first kappa shape index (κ1) is 10.3. The van der Waals surface area contributed by atoms with Gasteiger partial charge in [-0.15, -0.1) is 0 Å². The van der Waals surface area contributed by atoms with Crippen molar-refractivity contribution in [1.29, 1.82) is 0 Å². The van der Waals surface area contributed by atoms with Crippen LogP contribution in [-0.4, -0.2) is 18.1 Å². The number of benzene rings is 1. The standard InChI is InChI=1S/C14H14N2O/c1-2-4-11(5-3-1)13-7-6-12-10-15-8-9-17-14(12)16-13/h1-7,15H,8-10H2. The molecule has 0 aliphatic carbocycles. The van der Waals surface area contributed by atoms with Gasteiger partial charge in [-0.05, 0) is 6.07 Å². The summed E-state index contributed by atoms with van der Waals surface area (Å²) in [6.45, 7) is 2.38. The molecular formula is C14H14N2O. The fraction of sp³-hybridized carbons (Fsp3) is 0.214. The highest BCUT2D eigenvalue weighted by Crippen LogP contribution is 2.23. The summed E-state index contributed by atoms with van der Waals surface area (Å²) in [5, 5.41) is 3.30. The van der Waals surface area contributed by atoms with Gasteiger partial charge in [-0.3, -0.25) is 0 Å². The molecule has 1 aliphatic heterocycles. The van der Waals surface area contributed by atoms with Gasteiger partial charge in [0.15, 0.2) is 0 Å². The van der Waals surface area contributed by atoms with Crippen LogP contribution in [0, 0.1) is 0 Å². The fourth-order valence-corrected chi connectivity index (χ4v) is 1.94. The molecule has 1 aromatic heterocycles. The predicted molar refractivity (Wildman–Crippen MR) is 66.9 cm³/mol. The van der Waals surface area contributed by atoms with Crippen LogP contribution in [0.1, 0.15) is 5.56 Å². The zero-order valence-electron chi connectivity index (χ0n) is 9.52. The van der Waals surface area contributed by atoms with Crippen LogP contribution in [0.2, 0.25) is 0 Å². The Labute approximate surface area is 100 Å². The molecule has 3 rings (SSSR count). The molecule has 3 heteroatoms. The van der Waals surface area contributed by atoms with Crippen molar-refractivity contribution in [2.45, 2.75) is 6.54 Å². The second-order valence-corrected chi connectivity index (χ2v) is 4.05. The van der Waals surface area contributed by atoms with E-state index in [0.717, 1.165) is 35.8 Å². The predicted octanol–water partition coefficient (Wildman–Crippen LogP) is 2.23. The van der Waals surface area contributed by atoms with Gasteiger partial charge in [-0.25, -0.2) is 4.98 Å². The minimum Gasteiger partial charge on any atom is -0.476 e. The van der Waals surface area contributed by atoms with E-state index in [-0.39, 0.29) is 0 Å². The molecule has 0 atom stereocenters. The zero-order valence-corrected chi connectivity index (χ0v) is 9.52. The van der Waals surface area contributed by atoms with Crippen LogP contribution in [0.3, 0.4) is 0 Å². The van der Waals surface area contributed by atoms with E-state index in [1.54, 1.807) is 0 Å². The Balaban J connectivity index is 2.00. The summed E-state index contributed by atoms with van der Waals surface area (Å²) in [5.74, 6) is 0.761. The van der Waals surface area contributed by atoms with Crippen LogP contribution in [0.5, 0.6) is 5.88 Å². The lowest BCUT2D eigenvalue weighted by atomic mass is 10.1. The molecule has 0 fully saturated rings. The summed E-state index contributed by atoms with van der Waals surface area (Å²) in [6.07, 6.45) is 0. The number of fused-ring (bicyclic) bond motifs is 1. The number of nitrogens with one attached hydrogen (secondary N) is 1. The molecule has 17 heavy (non-hydrogen) atoms. The molecule has 0 amide bonds. The van der Waals surface area contributed by atoms with Crippen molar-refractivity contribution in [3.05, 3.63) is 48.0 Å². The average Bonchev–Trinajstić information content (AvgIpc) is 2.64. The Bertz CT molecular complexity index is 511. The highest BCUT2D eigenvalue weighted by molar-refractivity contribution is 5.60. The topological polar surface area (TPSA) is 34.1 Å². The molecule has 3 nitrogen and oxygen atoms in total. The Hall–Kier alpha value is -1.87. The van der Waals surface area contributed by atoms with Gasteiger partial charge in [0.25, 0.3) is 0 Å². The van der Waals surface area contributed by atoms with Crippen molar-refractivity contribution in [3.63, 3.8) is 0 Å². The number of pyridine rings is 1. The fourth-order valence-electron chi connectivity index (χ4n) is 1.94. The van der Waals surface area contributed by atoms with Crippen molar-refractivity contribution >= 4 is 0 Å². The van der Waals surface area contributed by atoms with Crippen molar-refractivity contribution in [2.75, 3.05) is 13.2 Å². The summed E-state index contributed by atoms with van der Waals surface area (Å²) in [7, 11) is 0. The Morgan fingerprint density at radius 2 is 1.94 bits per heavy atom. The second-order valence-electron chi connectivity index (χ2n) is 4.05. The van der Waals surface area contributed by atoms with E-state index in [9.17, 15) is 0 Å². The summed E-state index contributed by atoms with van der Waals surface area (Å²) in [4.78, 5) is 4.58. The normalized spacial score (nSPS) is 14.6. The lowest BCUT2D eigenvalue weighted by Gasteiger charge is -2.07. The first-order valence-corrected chi connectivity index (χ1v) is 5.82. The Kier molecular flexibility index (Phi) is 2.76. The maximum atomic E-state index is 5.64. The van der Waals surface area contributed by atoms with Gasteiger partial charge in [0.2, 0.25) is 5.88 Å². The lowest BCUT2D eigenvalue weighted by Crippen LogP contribution is -2.16. The van der Waals surface area contributed by atoms with Crippen LogP contribution in [0.4, 0.5) is 0 Å². The second kappa shape index (κ2) is 4.55. The molecule has 0 radical (unpaired) electrons. The molecule has 0 bridgehead atoms.